The van der Waals surface area contributed by atoms with Gasteiger partial charge >= 0.3 is 0 Å². The number of aromatic amines is 1. The van der Waals surface area contributed by atoms with E-state index in [1.54, 1.807) is 7.05 Å². The van der Waals surface area contributed by atoms with E-state index in [1.807, 2.05) is 12.1 Å². The van der Waals surface area contributed by atoms with Crippen LogP contribution in [0.25, 0.3) is 17.0 Å². The maximum absolute atomic E-state index is 10.9. The first-order valence-electron chi connectivity index (χ1n) is 8.30. The van der Waals surface area contributed by atoms with Gasteiger partial charge in [0, 0.05) is 43.2 Å². The molecule has 136 valence electrons. The molecule has 2 heterocycles. The Labute approximate surface area is 156 Å². The number of nitrogens with one attached hydrogen (secondary N) is 2. The summed E-state index contributed by atoms with van der Waals surface area (Å²) in [5.74, 6) is 0.532. The highest BCUT2D eigenvalue weighted by atomic mass is 32.1. The number of hydrogen-bond acceptors (Lipinski definition) is 7. The van der Waals surface area contributed by atoms with E-state index in [9.17, 15) is 4.79 Å². The van der Waals surface area contributed by atoms with E-state index in [4.69, 9.17) is 22.7 Å². The molecule has 3 rings (SSSR count). The van der Waals surface area contributed by atoms with Gasteiger partial charge in [0.15, 0.2) is 0 Å². The van der Waals surface area contributed by atoms with Crippen LogP contribution in [0.4, 0.5) is 11.6 Å². The molecule has 2 aromatic rings. The zero-order valence-corrected chi connectivity index (χ0v) is 15.3. The van der Waals surface area contributed by atoms with Gasteiger partial charge < -0.3 is 25.7 Å². The Morgan fingerprint density at radius 2 is 2.19 bits per heavy atom. The fourth-order valence-corrected chi connectivity index (χ4v) is 3.22. The number of benzene rings is 1. The number of morpholine rings is 1. The summed E-state index contributed by atoms with van der Waals surface area (Å²) in [5, 5.41) is 2.96. The lowest BCUT2D eigenvalue weighted by atomic mass is 10.0. The molecule has 1 aliphatic rings. The van der Waals surface area contributed by atoms with Gasteiger partial charge in [0.05, 0.1) is 24.5 Å². The summed E-state index contributed by atoms with van der Waals surface area (Å²) >= 11 is 5.41. The fourth-order valence-electron chi connectivity index (χ4n) is 2.91. The van der Waals surface area contributed by atoms with Gasteiger partial charge in [-0.15, -0.1) is 0 Å². The number of aldehydes is 1. The second-order valence-corrected chi connectivity index (χ2v) is 6.19. The molecule has 1 saturated heterocycles. The van der Waals surface area contributed by atoms with Crippen molar-refractivity contribution in [2.75, 3.05) is 43.6 Å². The number of carbonyl (C=O) groups excluding carboxylic acids is 1. The quantitative estimate of drug-likeness (QED) is 0.421. The summed E-state index contributed by atoms with van der Waals surface area (Å²) in [6.45, 7) is 3.12. The molecule has 1 aromatic carbocycles. The number of anilines is 2. The second kappa shape index (κ2) is 8.11. The molecule has 7 nitrogen and oxygen atoms in total. The first-order valence-corrected chi connectivity index (χ1v) is 8.71. The monoisotopic (exact) mass is 371 g/mol. The molecule has 0 aliphatic carbocycles. The van der Waals surface area contributed by atoms with Gasteiger partial charge in [-0.1, -0.05) is 24.4 Å². The van der Waals surface area contributed by atoms with Crippen LogP contribution in [0.15, 0.2) is 30.3 Å². The van der Waals surface area contributed by atoms with Gasteiger partial charge in [-0.25, -0.2) is 4.98 Å². The average molecular weight is 371 g/mol. The number of H-pyrrole nitrogens is 1. The molecule has 1 aromatic heterocycles. The predicted molar refractivity (Wildman–Crippen MR) is 106 cm³/mol. The fraction of sp³-hybridized carbons (Fsp3) is 0.278. The SMILES string of the molecule is CNc1nc(=S)c(/C(N)=C/C=O)c(-c2cccc(N3CCOCC3)c2)[nH]1. The summed E-state index contributed by atoms with van der Waals surface area (Å²) < 4.78 is 5.75. The molecular weight excluding hydrogens is 350 g/mol. The Balaban J connectivity index is 2.13. The van der Waals surface area contributed by atoms with Crippen molar-refractivity contribution in [3.63, 3.8) is 0 Å². The third kappa shape index (κ3) is 3.76. The molecule has 8 heteroatoms. The number of aromatic nitrogens is 2. The van der Waals surface area contributed by atoms with Crippen molar-refractivity contribution < 1.29 is 9.53 Å². The van der Waals surface area contributed by atoms with E-state index in [-0.39, 0.29) is 5.70 Å². The zero-order chi connectivity index (χ0) is 18.5. The number of hydrogen-bond donors (Lipinski definition) is 3. The largest absolute Gasteiger partial charge is 0.398 e. The maximum atomic E-state index is 10.9. The molecular formula is C18H21N5O2S. The number of carbonyl (C=O) groups is 1. The van der Waals surface area contributed by atoms with Crippen LogP contribution >= 0.6 is 12.2 Å². The minimum absolute atomic E-state index is 0.281. The van der Waals surface area contributed by atoms with Crippen LogP contribution in [-0.2, 0) is 9.53 Å². The van der Waals surface area contributed by atoms with Crippen LogP contribution in [0.1, 0.15) is 5.56 Å². The van der Waals surface area contributed by atoms with Gasteiger partial charge in [-0.3, -0.25) is 4.79 Å². The van der Waals surface area contributed by atoms with E-state index in [2.05, 4.69) is 32.3 Å². The van der Waals surface area contributed by atoms with E-state index >= 15 is 0 Å². The molecule has 0 bridgehead atoms. The van der Waals surface area contributed by atoms with E-state index < -0.39 is 0 Å². The average Bonchev–Trinajstić information content (AvgIpc) is 2.68. The predicted octanol–water partition coefficient (Wildman–Crippen LogP) is 2.18. The molecule has 0 saturated carbocycles. The zero-order valence-electron chi connectivity index (χ0n) is 14.5. The van der Waals surface area contributed by atoms with Crippen molar-refractivity contribution in [3.8, 4) is 11.3 Å². The van der Waals surface area contributed by atoms with Crippen molar-refractivity contribution in [3.05, 3.63) is 40.5 Å². The molecule has 0 atom stereocenters. The highest BCUT2D eigenvalue weighted by molar-refractivity contribution is 7.71. The molecule has 4 N–H and O–H groups in total. The first kappa shape index (κ1) is 18.1. The van der Waals surface area contributed by atoms with Gasteiger partial charge in [-0.2, -0.15) is 0 Å². The van der Waals surface area contributed by atoms with Crippen LogP contribution in [0.5, 0.6) is 0 Å². The number of rotatable bonds is 5. The van der Waals surface area contributed by atoms with Crippen molar-refractivity contribution in [2.24, 2.45) is 5.73 Å². The summed E-state index contributed by atoms with van der Waals surface area (Å²) in [5.41, 5.74) is 9.63. The number of nitrogens with two attached hydrogens (primary N) is 1. The van der Waals surface area contributed by atoms with Gasteiger partial charge in [0.25, 0.3) is 0 Å². The number of ether oxygens (including phenoxy) is 1. The number of allylic oxidation sites excluding steroid dienone is 1. The minimum atomic E-state index is 0.281. The third-order valence-electron chi connectivity index (χ3n) is 4.20. The summed E-state index contributed by atoms with van der Waals surface area (Å²) in [6.07, 6.45) is 1.93. The normalized spacial score (nSPS) is 15.0. The third-order valence-corrected chi connectivity index (χ3v) is 4.50. The van der Waals surface area contributed by atoms with Crippen LogP contribution in [-0.4, -0.2) is 49.6 Å². The molecule has 0 amide bonds. The van der Waals surface area contributed by atoms with Crippen LogP contribution in [0.3, 0.4) is 0 Å². The molecule has 26 heavy (non-hydrogen) atoms. The minimum Gasteiger partial charge on any atom is -0.398 e. The molecule has 1 fully saturated rings. The summed E-state index contributed by atoms with van der Waals surface area (Å²) in [7, 11) is 1.76. The second-order valence-electron chi connectivity index (χ2n) is 5.80. The van der Waals surface area contributed by atoms with E-state index in [0.29, 0.717) is 35.7 Å². The summed E-state index contributed by atoms with van der Waals surface area (Å²) in [4.78, 5) is 20.6. The van der Waals surface area contributed by atoms with Crippen LogP contribution < -0.4 is 16.0 Å². The van der Waals surface area contributed by atoms with Crippen molar-refractivity contribution in [1.29, 1.82) is 0 Å². The Morgan fingerprint density at radius 1 is 1.42 bits per heavy atom. The number of nitrogens with zero attached hydrogens (tertiary/aromatic N) is 2. The van der Waals surface area contributed by atoms with E-state index in [1.165, 1.54) is 6.08 Å². The Hall–Kier alpha value is -2.71. The smallest absolute Gasteiger partial charge is 0.201 e. The standard InChI is InChI=1S/C18H21N5O2S/c1-20-18-21-16(15(17(26)22-18)14(19)5-8-24)12-3-2-4-13(11-12)23-6-9-25-10-7-23/h2-5,8,11H,6-7,9-10,19H2,1H3,(H2,20,21,22,26)/b14-5-. The van der Waals surface area contributed by atoms with Gasteiger partial charge in [0.2, 0.25) is 5.95 Å². The topological polar surface area (TPSA) is 96.3 Å². The molecule has 0 spiro atoms. The Morgan fingerprint density at radius 3 is 2.88 bits per heavy atom. The van der Waals surface area contributed by atoms with Crippen molar-refractivity contribution >= 4 is 35.8 Å². The maximum Gasteiger partial charge on any atom is 0.201 e. The molecule has 1 aliphatic heterocycles. The van der Waals surface area contributed by atoms with Gasteiger partial charge in [-0.05, 0) is 12.1 Å². The highest BCUT2D eigenvalue weighted by Crippen LogP contribution is 2.30. The first-order chi connectivity index (χ1) is 12.6. The highest BCUT2D eigenvalue weighted by Gasteiger charge is 2.16. The molecule has 0 unspecified atom stereocenters. The van der Waals surface area contributed by atoms with Gasteiger partial charge in [0.1, 0.15) is 10.9 Å². The lowest BCUT2D eigenvalue weighted by Gasteiger charge is -2.29. The Bertz CT molecular complexity index is 887. The molecule has 0 radical (unpaired) electrons. The van der Waals surface area contributed by atoms with Crippen molar-refractivity contribution in [1.82, 2.24) is 9.97 Å². The lowest BCUT2D eigenvalue weighted by molar-refractivity contribution is -0.104. The van der Waals surface area contributed by atoms with E-state index in [0.717, 1.165) is 30.0 Å². The van der Waals surface area contributed by atoms with Crippen LogP contribution in [0.2, 0.25) is 0 Å². The lowest BCUT2D eigenvalue weighted by Crippen LogP contribution is -2.36. The van der Waals surface area contributed by atoms with Crippen LogP contribution in [0, 0.1) is 4.64 Å². The summed E-state index contributed by atoms with van der Waals surface area (Å²) in [6, 6.07) is 8.10. The van der Waals surface area contributed by atoms with Crippen molar-refractivity contribution in [2.45, 2.75) is 0 Å². The Kier molecular flexibility index (Phi) is 5.65.